The van der Waals surface area contributed by atoms with Gasteiger partial charge >= 0.3 is 0 Å². The van der Waals surface area contributed by atoms with Crippen molar-refractivity contribution in [2.45, 2.75) is 39.3 Å². The van der Waals surface area contributed by atoms with Gasteiger partial charge in [-0.1, -0.05) is 0 Å². The molecule has 9 heteroatoms. The Balaban J connectivity index is 1.55. The maximum absolute atomic E-state index is 12.6. The summed E-state index contributed by atoms with van der Waals surface area (Å²) in [6.45, 7) is 10.7. The minimum absolute atomic E-state index is 0.0385. The van der Waals surface area contributed by atoms with Gasteiger partial charge in [0.1, 0.15) is 18.7 Å². The third-order valence-electron chi connectivity index (χ3n) is 5.45. The molecule has 1 aromatic heterocycles. The van der Waals surface area contributed by atoms with E-state index >= 15 is 0 Å². The SMILES string of the molecule is CCNC(=NCc1ncnn1C)N1CCN(C(C)C(=O)N2CCCC2)CC1. The van der Waals surface area contributed by atoms with Gasteiger partial charge in [-0.15, -0.1) is 0 Å². The van der Waals surface area contributed by atoms with Gasteiger partial charge in [0.15, 0.2) is 5.96 Å². The number of nitrogens with zero attached hydrogens (tertiary/aromatic N) is 7. The van der Waals surface area contributed by atoms with E-state index in [1.54, 1.807) is 11.0 Å². The summed E-state index contributed by atoms with van der Waals surface area (Å²) >= 11 is 0. The molecule has 150 valence electrons. The van der Waals surface area contributed by atoms with Crippen molar-refractivity contribution in [2.75, 3.05) is 45.8 Å². The van der Waals surface area contributed by atoms with Crippen LogP contribution in [-0.2, 0) is 18.4 Å². The van der Waals surface area contributed by atoms with Gasteiger partial charge in [0.05, 0.1) is 6.04 Å². The van der Waals surface area contributed by atoms with Gasteiger partial charge in [0.25, 0.3) is 0 Å². The molecule has 1 N–H and O–H groups in total. The third-order valence-corrected chi connectivity index (χ3v) is 5.45. The number of likely N-dealkylation sites (tertiary alicyclic amines) is 1. The normalized spacial score (nSPS) is 20.2. The first-order valence-electron chi connectivity index (χ1n) is 9.99. The molecule has 9 nitrogen and oxygen atoms in total. The van der Waals surface area contributed by atoms with Crippen molar-refractivity contribution in [1.82, 2.24) is 34.8 Å². The van der Waals surface area contributed by atoms with Crippen LogP contribution in [0.2, 0.25) is 0 Å². The second-order valence-electron chi connectivity index (χ2n) is 7.20. The molecule has 27 heavy (non-hydrogen) atoms. The van der Waals surface area contributed by atoms with E-state index in [-0.39, 0.29) is 11.9 Å². The van der Waals surface area contributed by atoms with Crippen LogP contribution in [0, 0.1) is 0 Å². The topological polar surface area (TPSA) is 81.9 Å². The fraction of sp³-hybridized carbons (Fsp3) is 0.778. The summed E-state index contributed by atoms with van der Waals surface area (Å²) in [5.41, 5.74) is 0. The first-order chi connectivity index (χ1) is 13.1. The largest absolute Gasteiger partial charge is 0.357 e. The van der Waals surface area contributed by atoms with Crippen LogP contribution in [-0.4, -0.2) is 93.2 Å². The van der Waals surface area contributed by atoms with Crippen LogP contribution in [0.25, 0.3) is 0 Å². The molecule has 2 aliphatic rings. The van der Waals surface area contributed by atoms with Crippen molar-refractivity contribution in [1.29, 1.82) is 0 Å². The van der Waals surface area contributed by atoms with Crippen LogP contribution in [0.15, 0.2) is 11.3 Å². The summed E-state index contributed by atoms with van der Waals surface area (Å²) in [5.74, 6) is 2.02. The molecule has 2 saturated heterocycles. The van der Waals surface area contributed by atoms with E-state index in [9.17, 15) is 4.79 Å². The number of piperazine rings is 1. The van der Waals surface area contributed by atoms with E-state index in [2.05, 4.69) is 32.1 Å². The number of aliphatic imine (C=N–C) groups is 1. The maximum Gasteiger partial charge on any atom is 0.239 e. The molecule has 0 radical (unpaired) electrons. The zero-order valence-corrected chi connectivity index (χ0v) is 16.8. The second-order valence-corrected chi connectivity index (χ2v) is 7.20. The Bertz CT molecular complexity index is 644. The predicted octanol–water partition coefficient (Wildman–Crippen LogP) is -0.0909. The van der Waals surface area contributed by atoms with Crippen molar-refractivity contribution >= 4 is 11.9 Å². The third kappa shape index (κ3) is 4.77. The lowest BCUT2D eigenvalue weighted by Crippen LogP contribution is -2.57. The van der Waals surface area contributed by atoms with Gasteiger partial charge in [-0.2, -0.15) is 5.10 Å². The maximum atomic E-state index is 12.6. The molecule has 3 heterocycles. The van der Waals surface area contributed by atoms with Gasteiger partial charge < -0.3 is 15.1 Å². The van der Waals surface area contributed by atoms with E-state index in [1.807, 2.05) is 18.9 Å². The van der Waals surface area contributed by atoms with E-state index in [4.69, 9.17) is 4.99 Å². The number of amides is 1. The number of carbonyl (C=O) groups is 1. The minimum atomic E-state index is -0.0385. The molecule has 0 bridgehead atoms. The summed E-state index contributed by atoms with van der Waals surface area (Å²) in [5, 5.41) is 7.46. The summed E-state index contributed by atoms with van der Waals surface area (Å²) in [6, 6.07) is -0.0385. The van der Waals surface area contributed by atoms with Crippen LogP contribution in [0.1, 0.15) is 32.5 Å². The second kappa shape index (κ2) is 9.16. The molecule has 0 saturated carbocycles. The molecular weight excluding hydrogens is 344 g/mol. The molecule has 1 amide bonds. The van der Waals surface area contributed by atoms with Gasteiger partial charge in [-0.25, -0.2) is 9.98 Å². The Morgan fingerprint density at radius 1 is 1.19 bits per heavy atom. The molecule has 0 aliphatic carbocycles. The molecule has 1 atom stereocenters. The number of guanidine groups is 1. The summed E-state index contributed by atoms with van der Waals surface area (Å²) in [7, 11) is 1.88. The molecular formula is C18H32N8O. The number of carbonyl (C=O) groups excluding carboxylic acids is 1. The van der Waals surface area contributed by atoms with E-state index in [0.29, 0.717) is 6.54 Å². The van der Waals surface area contributed by atoms with Crippen LogP contribution in [0.5, 0.6) is 0 Å². The minimum Gasteiger partial charge on any atom is -0.357 e. The van der Waals surface area contributed by atoms with Crippen LogP contribution >= 0.6 is 0 Å². The van der Waals surface area contributed by atoms with Gasteiger partial charge in [-0.3, -0.25) is 14.4 Å². The zero-order chi connectivity index (χ0) is 19.2. The van der Waals surface area contributed by atoms with Gasteiger partial charge in [-0.05, 0) is 26.7 Å². The Labute approximate surface area is 161 Å². The van der Waals surface area contributed by atoms with Gasteiger partial charge in [0, 0.05) is 52.9 Å². The molecule has 1 unspecified atom stereocenters. The lowest BCUT2D eigenvalue weighted by atomic mass is 10.2. The molecule has 1 aromatic rings. The summed E-state index contributed by atoms with van der Waals surface area (Å²) in [4.78, 5) is 28.2. The fourth-order valence-electron chi connectivity index (χ4n) is 3.71. The first kappa shape index (κ1) is 19.6. The molecule has 0 aromatic carbocycles. The Kier molecular flexibility index (Phi) is 6.65. The van der Waals surface area contributed by atoms with Crippen LogP contribution in [0.3, 0.4) is 0 Å². The fourth-order valence-corrected chi connectivity index (χ4v) is 3.71. The van der Waals surface area contributed by atoms with Crippen LogP contribution < -0.4 is 5.32 Å². The molecule has 3 rings (SSSR count). The average Bonchev–Trinajstić information content (AvgIpc) is 3.36. The number of aromatic nitrogens is 3. The lowest BCUT2D eigenvalue weighted by molar-refractivity contribution is -0.135. The van der Waals surface area contributed by atoms with E-state index < -0.39 is 0 Å². The van der Waals surface area contributed by atoms with Crippen LogP contribution in [0.4, 0.5) is 0 Å². The monoisotopic (exact) mass is 376 g/mol. The molecule has 2 fully saturated rings. The number of hydrogen-bond acceptors (Lipinski definition) is 5. The first-order valence-corrected chi connectivity index (χ1v) is 9.99. The number of aryl methyl sites for hydroxylation is 1. The molecule has 0 spiro atoms. The highest BCUT2D eigenvalue weighted by atomic mass is 16.2. The zero-order valence-electron chi connectivity index (χ0n) is 16.8. The summed E-state index contributed by atoms with van der Waals surface area (Å²) < 4.78 is 1.75. The summed E-state index contributed by atoms with van der Waals surface area (Å²) in [6.07, 6.45) is 3.83. The van der Waals surface area contributed by atoms with Crippen molar-refractivity contribution in [3.63, 3.8) is 0 Å². The smallest absolute Gasteiger partial charge is 0.239 e. The van der Waals surface area contributed by atoms with E-state index in [1.165, 1.54) is 0 Å². The number of hydrogen-bond donors (Lipinski definition) is 1. The van der Waals surface area contributed by atoms with Crippen molar-refractivity contribution in [3.8, 4) is 0 Å². The van der Waals surface area contributed by atoms with E-state index in [0.717, 1.165) is 70.4 Å². The average molecular weight is 377 g/mol. The lowest BCUT2D eigenvalue weighted by Gasteiger charge is -2.39. The van der Waals surface area contributed by atoms with Crippen molar-refractivity contribution in [2.24, 2.45) is 12.0 Å². The number of nitrogens with one attached hydrogen (secondary N) is 1. The standard InChI is InChI=1S/C18H32N8O/c1-4-19-18(20-13-16-21-14-22-23(16)3)26-11-9-24(10-12-26)15(2)17(27)25-7-5-6-8-25/h14-15H,4-13H2,1-3H3,(H,19,20). The van der Waals surface area contributed by atoms with Crippen molar-refractivity contribution < 1.29 is 4.79 Å². The highest BCUT2D eigenvalue weighted by Gasteiger charge is 2.30. The quantitative estimate of drug-likeness (QED) is 0.571. The Hall–Kier alpha value is -2.16. The highest BCUT2D eigenvalue weighted by molar-refractivity contribution is 5.82. The van der Waals surface area contributed by atoms with Crippen molar-refractivity contribution in [3.05, 3.63) is 12.2 Å². The highest BCUT2D eigenvalue weighted by Crippen LogP contribution is 2.14. The Morgan fingerprint density at radius 3 is 2.48 bits per heavy atom. The number of rotatable bonds is 5. The predicted molar refractivity (Wildman–Crippen MR) is 104 cm³/mol. The Morgan fingerprint density at radius 2 is 1.89 bits per heavy atom. The van der Waals surface area contributed by atoms with Gasteiger partial charge in [0.2, 0.25) is 5.91 Å². The molecule has 2 aliphatic heterocycles.